The summed E-state index contributed by atoms with van der Waals surface area (Å²) in [6.07, 6.45) is 10.1. The summed E-state index contributed by atoms with van der Waals surface area (Å²) in [6, 6.07) is 0. The number of carboxylic acid groups (broad SMARTS) is 2. The van der Waals surface area contributed by atoms with Crippen LogP contribution in [0.4, 0.5) is 0 Å². The first-order chi connectivity index (χ1) is 8.61. The number of ether oxygens (including phenoxy) is 2. The van der Waals surface area contributed by atoms with Crippen molar-refractivity contribution in [3.63, 3.8) is 0 Å². The summed E-state index contributed by atoms with van der Waals surface area (Å²) >= 11 is 0. The third-order valence-corrected chi connectivity index (χ3v) is 1.87. The molecule has 0 bridgehead atoms. The number of carbonyl (C=O) groups excluding carboxylic acids is 2. The predicted molar refractivity (Wildman–Crippen MR) is 56.3 cm³/mol. The molecule has 19 heavy (non-hydrogen) atoms. The second-order valence-electron chi connectivity index (χ2n) is 3.18. The first kappa shape index (κ1) is 17.1. The Morgan fingerprint density at radius 3 is 1.32 bits per heavy atom. The van der Waals surface area contributed by atoms with E-state index < -0.39 is 24.1 Å². The van der Waals surface area contributed by atoms with Gasteiger partial charge in [0.25, 0.3) is 0 Å². The van der Waals surface area contributed by atoms with Crippen LogP contribution in [0, 0.1) is 0 Å². The SMILES string of the molecule is O=C([O-])C1C=CC=CO1.O=C([O-])C1C=CC=CO1.[Zn+2]. The van der Waals surface area contributed by atoms with Gasteiger partial charge in [-0.05, 0) is 24.3 Å². The monoisotopic (exact) mass is 314 g/mol. The van der Waals surface area contributed by atoms with Crippen molar-refractivity contribution >= 4 is 11.9 Å². The van der Waals surface area contributed by atoms with Crippen molar-refractivity contribution in [3.8, 4) is 0 Å². The molecule has 0 N–H and O–H groups in total. The molecule has 0 aliphatic carbocycles. The maximum absolute atomic E-state index is 10.0. The van der Waals surface area contributed by atoms with Crippen molar-refractivity contribution in [2.24, 2.45) is 0 Å². The minimum Gasteiger partial charge on any atom is -0.546 e. The fourth-order valence-electron chi connectivity index (χ4n) is 1.04. The molecule has 2 aliphatic rings. The largest absolute Gasteiger partial charge is 2.00 e. The Balaban J connectivity index is 0.000000324. The van der Waals surface area contributed by atoms with E-state index in [1.165, 1.54) is 24.7 Å². The number of hydrogen-bond acceptors (Lipinski definition) is 6. The number of carboxylic acids is 2. The van der Waals surface area contributed by atoms with Crippen LogP contribution in [-0.4, -0.2) is 24.1 Å². The molecule has 0 fully saturated rings. The molecule has 0 aromatic carbocycles. The van der Waals surface area contributed by atoms with Gasteiger partial charge < -0.3 is 29.3 Å². The second kappa shape index (κ2) is 9.11. The van der Waals surface area contributed by atoms with Gasteiger partial charge in [-0.2, -0.15) is 0 Å². The number of hydrogen-bond donors (Lipinski definition) is 0. The predicted octanol–water partition coefficient (Wildman–Crippen LogP) is -1.59. The van der Waals surface area contributed by atoms with Gasteiger partial charge in [0, 0.05) is 0 Å². The van der Waals surface area contributed by atoms with Crippen LogP contribution in [0.3, 0.4) is 0 Å². The second-order valence-corrected chi connectivity index (χ2v) is 3.18. The molecule has 96 valence electrons. The summed E-state index contributed by atoms with van der Waals surface area (Å²) in [7, 11) is 0. The van der Waals surface area contributed by atoms with E-state index in [2.05, 4.69) is 9.47 Å². The van der Waals surface area contributed by atoms with Crippen molar-refractivity contribution < 1.29 is 48.8 Å². The molecule has 0 amide bonds. The Morgan fingerprint density at radius 1 is 0.789 bits per heavy atom. The van der Waals surface area contributed by atoms with Crippen molar-refractivity contribution in [3.05, 3.63) is 49.0 Å². The van der Waals surface area contributed by atoms with Gasteiger partial charge in [0.2, 0.25) is 0 Å². The van der Waals surface area contributed by atoms with E-state index in [9.17, 15) is 19.8 Å². The van der Waals surface area contributed by atoms with Crippen LogP contribution in [0.5, 0.6) is 0 Å². The summed E-state index contributed by atoms with van der Waals surface area (Å²) in [5.74, 6) is -2.42. The normalized spacial score (nSPS) is 22.1. The third-order valence-electron chi connectivity index (χ3n) is 1.87. The van der Waals surface area contributed by atoms with Gasteiger partial charge in [-0.3, -0.25) is 0 Å². The zero-order valence-corrected chi connectivity index (χ0v) is 12.9. The van der Waals surface area contributed by atoms with Crippen LogP contribution in [-0.2, 0) is 38.5 Å². The zero-order chi connectivity index (χ0) is 13.4. The van der Waals surface area contributed by atoms with E-state index >= 15 is 0 Å². The van der Waals surface area contributed by atoms with E-state index in [1.54, 1.807) is 24.3 Å². The van der Waals surface area contributed by atoms with Crippen LogP contribution in [0.2, 0.25) is 0 Å². The van der Waals surface area contributed by atoms with E-state index in [1.807, 2.05) is 0 Å². The van der Waals surface area contributed by atoms with E-state index in [0.717, 1.165) is 0 Å². The molecule has 7 heteroatoms. The standard InChI is InChI=1S/2C6H6O3.Zn/c2*7-6(8)5-3-1-2-4-9-5;/h2*1-5H,(H,7,8);/q;;+2/p-2. The maximum Gasteiger partial charge on any atom is 2.00 e. The molecule has 0 aromatic rings. The van der Waals surface area contributed by atoms with Gasteiger partial charge in [0.15, 0.2) is 12.2 Å². The quantitative estimate of drug-likeness (QED) is 0.570. The minimum atomic E-state index is -1.21. The maximum atomic E-state index is 10.0. The summed E-state index contributed by atoms with van der Waals surface area (Å²) < 4.78 is 9.22. The molecule has 2 atom stereocenters. The Labute approximate surface area is 122 Å². The van der Waals surface area contributed by atoms with Crippen molar-refractivity contribution in [2.45, 2.75) is 12.2 Å². The van der Waals surface area contributed by atoms with E-state index in [-0.39, 0.29) is 19.5 Å². The van der Waals surface area contributed by atoms with Crippen LogP contribution < -0.4 is 10.2 Å². The van der Waals surface area contributed by atoms with Crippen LogP contribution in [0.1, 0.15) is 0 Å². The average Bonchev–Trinajstić information content (AvgIpc) is 2.41. The smallest absolute Gasteiger partial charge is 0.546 e. The molecular weight excluding hydrogens is 306 g/mol. The molecule has 2 heterocycles. The van der Waals surface area contributed by atoms with Gasteiger partial charge in [0.1, 0.15) is 0 Å². The number of allylic oxidation sites excluding steroid dienone is 4. The molecule has 2 unspecified atom stereocenters. The molecule has 6 nitrogen and oxygen atoms in total. The molecule has 0 saturated carbocycles. The van der Waals surface area contributed by atoms with E-state index in [0.29, 0.717) is 0 Å². The molecule has 0 spiro atoms. The zero-order valence-electron chi connectivity index (χ0n) is 9.93. The Bertz CT molecular complexity index is 384. The number of rotatable bonds is 2. The van der Waals surface area contributed by atoms with Crippen molar-refractivity contribution in [1.29, 1.82) is 0 Å². The van der Waals surface area contributed by atoms with E-state index in [4.69, 9.17) is 0 Å². The molecule has 0 radical (unpaired) electrons. The number of carbonyl (C=O) groups is 2. The van der Waals surface area contributed by atoms with Gasteiger partial charge in [0.05, 0.1) is 24.5 Å². The molecule has 2 aliphatic heterocycles. The Hall–Kier alpha value is -1.88. The first-order valence-electron chi connectivity index (χ1n) is 5.00. The number of aliphatic carboxylic acids is 2. The van der Waals surface area contributed by atoms with Crippen LogP contribution in [0.15, 0.2) is 49.0 Å². The fraction of sp³-hybridized carbons (Fsp3) is 0.167. The minimum absolute atomic E-state index is 0. The Morgan fingerprint density at radius 2 is 1.16 bits per heavy atom. The Kier molecular flexibility index (Phi) is 8.21. The van der Waals surface area contributed by atoms with Gasteiger partial charge in [-0.15, -0.1) is 0 Å². The third kappa shape index (κ3) is 6.57. The fourth-order valence-corrected chi connectivity index (χ4v) is 1.04. The summed E-state index contributed by atoms with van der Waals surface area (Å²) in [5, 5.41) is 20.1. The van der Waals surface area contributed by atoms with Crippen molar-refractivity contribution in [2.75, 3.05) is 0 Å². The molecular formula is C12H10O6Zn. The van der Waals surface area contributed by atoms with Crippen molar-refractivity contribution in [1.82, 2.24) is 0 Å². The summed E-state index contributed by atoms with van der Waals surface area (Å²) in [6.45, 7) is 0. The summed E-state index contributed by atoms with van der Waals surface area (Å²) in [5.41, 5.74) is 0. The van der Waals surface area contributed by atoms with Gasteiger partial charge >= 0.3 is 19.5 Å². The topological polar surface area (TPSA) is 98.7 Å². The van der Waals surface area contributed by atoms with Crippen LogP contribution >= 0.6 is 0 Å². The molecule has 0 aromatic heterocycles. The first-order valence-corrected chi connectivity index (χ1v) is 5.00. The van der Waals surface area contributed by atoms with Gasteiger partial charge in [-0.25, -0.2) is 0 Å². The summed E-state index contributed by atoms with van der Waals surface area (Å²) in [4.78, 5) is 20.1. The molecule has 0 saturated heterocycles. The molecule has 2 rings (SSSR count). The average molecular weight is 316 g/mol. The van der Waals surface area contributed by atoms with Gasteiger partial charge in [-0.1, -0.05) is 12.2 Å². The van der Waals surface area contributed by atoms with Crippen LogP contribution in [0.25, 0.3) is 0 Å².